The van der Waals surface area contributed by atoms with Gasteiger partial charge in [0.1, 0.15) is 5.82 Å². The van der Waals surface area contributed by atoms with Crippen molar-refractivity contribution >= 4 is 0 Å². The van der Waals surface area contributed by atoms with Gasteiger partial charge in [0.25, 0.3) is 0 Å². The Morgan fingerprint density at radius 1 is 1.46 bits per heavy atom. The van der Waals surface area contributed by atoms with Crippen LogP contribution in [0.15, 0.2) is 18.2 Å². The Balaban J connectivity index is 2.95. The van der Waals surface area contributed by atoms with Crippen LogP contribution >= 0.6 is 0 Å². The van der Waals surface area contributed by atoms with Crippen LogP contribution in [0.3, 0.4) is 0 Å². The van der Waals surface area contributed by atoms with Crippen molar-refractivity contribution in [3.05, 3.63) is 35.1 Å². The fourth-order valence-electron chi connectivity index (χ4n) is 0.997. The number of aliphatic hydroxyl groups excluding tert-OH is 1. The molecule has 1 nitrogen and oxygen atoms in total. The zero-order valence-corrected chi connectivity index (χ0v) is 7.47. The molecule has 1 N–H and O–H groups in total. The van der Waals surface area contributed by atoms with Crippen molar-refractivity contribution in [3.8, 4) is 11.8 Å². The van der Waals surface area contributed by atoms with Gasteiger partial charge in [-0.1, -0.05) is 24.0 Å². The quantitative estimate of drug-likeness (QED) is 0.651. The van der Waals surface area contributed by atoms with E-state index in [4.69, 9.17) is 5.11 Å². The molecule has 0 atom stereocenters. The van der Waals surface area contributed by atoms with Crippen LogP contribution in [0.2, 0.25) is 0 Å². The Morgan fingerprint density at radius 2 is 2.23 bits per heavy atom. The highest BCUT2D eigenvalue weighted by Gasteiger charge is 2.00. The van der Waals surface area contributed by atoms with Crippen molar-refractivity contribution in [1.29, 1.82) is 0 Å². The Labute approximate surface area is 77.2 Å². The number of rotatable bonds is 1. The van der Waals surface area contributed by atoms with E-state index in [9.17, 15) is 4.39 Å². The lowest BCUT2D eigenvalue weighted by molar-refractivity contribution is 0.305. The SMILES string of the molecule is Cc1cccc(F)c1C#CCCO. The summed E-state index contributed by atoms with van der Waals surface area (Å²) in [4.78, 5) is 0. The predicted octanol–water partition coefficient (Wildman–Crippen LogP) is 1.87. The molecule has 68 valence electrons. The van der Waals surface area contributed by atoms with Crippen LogP contribution in [0, 0.1) is 24.6 Å². The first-order valence-corrected chi connectivity index (χ1v) is 4.10. The van der Waals surface area contributed by atoms with E-state index in [2.05, 4.69) is 11.8 Å². The van der Waals surface area contributed by atoms with E-state index in [0.717, 1.165) is 5.56 Å². The fourth-order valence-corrected chi connectivity index (χ4v) is 0.997. The summed E-state index contributed by atoms with van der Waals surface area (Å²) in [7, 11) is 0. The molecule has 13 heavy (non-hydrogen) atoms. The molecule has 0 aliphatic carbocycles. The van der Waals surface area contributed by atoms with E-state index in [-0.39, 0.29) is 12.4 Å². The molecule has 0 aliphatic rings. The van der Waals surface area contributed by atoms with Crippen molar-refractivity contribution in [2.24, 2.45) is 0 Å². The van der Waals surface area contributed by atoms with E-state index in [1.54, 1.807) is 6.07 Å². The molecule has 2 heteroatoms. The lowest BCUT2D eigenvalue weighted by Gasteiger charge is -1.97. The molecule has 0 unspecified atom stereocenters. The summed E-state index contributed by atoms with van der Waals surface area (Å²) in [5.41, 5.74) is 1.25. The van der Waals surface area contributed by atoms with Crippen LogP contribution in [-0.2, 0) is 0 Å². The van der Waals surface area contributed by atoms with Crippen LogP contribution in [0.4, 0.5) is 4.39 Å². The van der Waals surface area contributed by atoms with Crippen molar-refractivity contribution in [2.75, 3.05) is 6.61 Å². The third-order valence-corrected chi connectivity index (χ3v) is 1.67. The van der Waals surface area contributed by atoms with E-state index >= 15 is 0 Å². The molecule has 1 aromatic rings. The average molecular weight is 178 g/mol. The zero-order valence-electron chi connectivity index (χ0n) is 7.47. The first-order chi connectivity index (χ1) is 6.25. The molecule has 0 saturated carbocycles. The largest absolute Gasteiger partial charge is 0.395 e. The fraction of sp³-hybridized carbons (Fsp3) is 0.273. The number of halogens is 1. The Hall–Kier alpha value is -1.33. The summed E-state index contributed by atoms with van der Waals surface area (Å²) in [5, 5.41) is 8.49. The van der Waals surface area contributed by atoms with Gasteiger partial charge in [-0.2, -0.15) is 0 Å². The molecule has 0 saturated heterocycles. The lowest BCUT2D eigenvalue weighted by atomic mass is 10.1. The minimum atomic E-state index is -0.301. The summed E-state index contributed by atoms with van der Waals surface area (Å²) < 4.78 is 13.1. The van der Waals surface area contributed by atoms with Gasteiger partial charge in [-0.25, -0.2) is 4.39 Å². The molecular formula is C11H11FO. The molecule has 0 fully saturated rings. The van der Waals surface area contributed by atoms with E-state index in [1.807, 2.05) is 13.0 Å². The summed E-state index contributed by atoms with van der Waals surface area (Å²) >= 11 is 0. The molecule has 0 spiro atoms. The van der Waals surface area contributed by atoms with Crippen LogP contribution in [-0.4, -0.2) is 11.7 Å². The molecule has 0 aromatic heterocycles. The molecule has 0 aliphatic heterocycles. The first-order valence-electron chi connectivity index (χ1n) is 4.10. The van der Waals surface area contributed by atoms with Crippen LogP contribution in [0.25, 0.3) is 0 Å². The molecular weight excluding hydrogens is 167 g/mol. The second kappa shape index (κ2) is 4.64. The standard InChI is InChI=1S/C11H11FO/c1-9-5-4-7-11(12)10(9)6-2-3-8-13/h4-5,7,13H,3,8H2,1H3. The maximum Gasteiger partial charge on any atom is 0.139 e. The number of hydrogen-bond acceptors (Lipinski definition) is 1. The maximum absolute atomic E-state index is 13.1. The minimum Gasteiger partial charge on any atom is -0.395 e. The minimum absolute atomic E-state index is 0.0144. The van der Waals surface area contributed by atoms with Gasteiger partial charge < -0.3 is 5.11 Å². The summed E-state index contributed by atoms with van der Waals surface area (Å²) in [6.07, 6.45) is 0.383. The molecule has 1 aromatic carbocycles. The van der Waals surface area contributed by atoms with Gasteiger partial charge in [-0.05, 0) is 18.6 Å². The summed E-state index contributed by atoms with van der Waals surface area (Å²) in [5.74, 6) is 5.09. The zero-order chi connectivity index (χ0) is 9.68. The number of aliphatic hydroxyl groups is 1. The molecule has 0 bridgehead atoms. The second-order valence-corrected chi connectivity index (χ2v) is 2.71. The molecule has 0 heterocycles. The van der Waals surface area contributed by atoms with E-state index < -0.39 is 0 Å². The van der Waals surface area contributed by atoms with E-state index in [1.165, 1.54) is 6.07 Å². The van der Waals surface area contributed by atoms with Gasteiger partial charge in [0.15, 0.2) is 0 Å². The van der Waals surface area contributed by atoms with Gasteiger partial charge in [0.05, 0.1) is 12.2 Å². The number of aryl methyl sites for hydroxylation is 1. The van der Waals surface area contributed by atoms with Gasteiger partial charge in [-0.15, -0.1) is 0 Å². The van der Waals surface area contributed by atoms with Gasteiger partial charge in [0.2, 0.25) is 0 Å². The lowest BCUT2D eigenvalue weighted by Crippen LogP contribution is -1.87. The van der Waals surface area contributed by atoms with E-state index in [0.29, 0.717) is 12.0 Å². The van der Waals surface area contributed by atoms with Crippen molar-refractivity contribution < 1.29 is 9.50 Å². The Morgan fingerprint density at radius 3 is 2.85 bits per heavy atom. The van der Waals surface area contributed by atoms with Crippen molar-refractivity contribution in [2.45, 2.75) is 13.3 Å². The van der Waals surface area contributed by atoms with Gasteiger partial charge >= 0.3 is 0 Å². The summed E-state index contributed by atoms with van der Waals surface area (Å²) in [6.45, 7) is 1.83. The third-order valence-electron chi connectivity index (χ3n) is 1.67. The third kappa shape index (κ3) is 2.57. The topological polar surface area (TPSA) is 20.2 Å². The second-order valence-electron chi connectivity index (χ2n) is 2.71. The predicted molar refractivity (Wildman–Crippen MR) is 49.7 cm³/mol. The van der Waals surface area contributed by atoms with Gasteiger partial charge in [-0.3, -0.25) is 0 Å². The average Bonchev–Trinajstić information content (AvgIpc) is 2.10. The van der Waals surface area contributed by atoms with Crippen LogP contribution in [0.1, 0.15) is 17.5 Å². The van der Waals surface area contributed by atoms with Gasteiger partial charge in [0, 0.05) is 6.42 Å². The normalized spacial score (nSPS) is 9.15. The highest BCUT2D eigenvalue weighted by Crippen LogP contribution is 2.10. The van der Waals surface area contributed by atoms with Crippen molar-refractivity contribution in [1.82, 2.24) is 0 Å². The maximum atomic E-state index is 13.1. The number of hydrogen-bond donors (Lipinski definition) is 1. The molecule has 0 radical (unpaired) electrons. The van der Waals surface area contributed by atoms with Crippen LogP contribution < -0.4 is 0 Å². The smallest absolute Gasteiger partial charge is 0.139 e. The number of benzene rings is 1. The van der Waals surface area contributed by atoms with Crippen LogP contribution in [0.5, 0.6) is 0 Å². The first kappa shape index (κ1) is 9.76. The highest BCUT2D eigenvalue weighted by atomic mass is 19.1. The van der Waals surface area contributed by atoms with Crippen molar-refractivity contribution in [3.63, 3.8) is 0 Å². The summed E-state index contributed by atoms with van der Waals surface area (Å²) in [6, 6.07) is 4.85. The highest BCUT2D eigenvalue weighted by molar-refractivity contribution is 5.41. The molecule has 0 amide bonds. The Kier molecular flexibility index (Phi) is 3.48. The monoisotopic (exact) mass is 178 g/mol. The Bertz CT molecular complexity index is 327. The molecule has 1 rings (SSSR count).